The second-order valence-electron chi connectivity index (χ2n) is 5.41. The monoisotopic (exact) mass is 307 g/mol. The zero-order valence-corrected chi connectivity index (χ0v) is 14.4. The molecule has 2 aromatic heterocycles. The van der Waals surface area contributed by atoms with Crippen molar-refractivity contribution in [3.63, 3.8) is 0 Å². The van der Waals surface area contributed by atoms with E-state index in [9.17, 15) is 0 Å². The van der Waals surface area contributed by atoms with E-state index in [1.165, 1.54) is 10.3 Å². The first-order chi connectivity index (χ1) is 10.0. The number of hydrogen-bond donors (Lipinski definition) is 1. The summed E-state index contributed by atoms with van der Waals surface area (Å²) in [5, 5.41) is 4.40. The molecule has 0 saturated heterocycles. The van der Waals surface area contributed by atoms with Crippen LogP contribution in [0.2, 0.25) is 0 Å². The summed E-state index contributed by atoms with van der Waals surface area (Å²) in [6, 6.07) is 2.23. The van der Waals surface area contributed by atoms with Gasteiger partial charge in [-0.15, -0.1) is 11.3 Å². The van der Waals surface area contributed by atoms with Gasteiger partial charge in [0.05, 0.1) is 5.39 Å². The van der Waals surface area contributed by atoms with E-state index >= 15 is 0 Å². The number of anilines is 2. The molecule has 0 bridgehead atoms. The smallest absolute Gasteiger partial charge is 0.226 e. The Labute approximate surface area is 131 Å². The third-order valence-corrected chi connectivity index (χ3v) is 4.52. The molecule has 2 heterocycles. The van der Waals surface area contributed by atoms with Crippen molar-refractivity contribution in [1.82, 2.24) is 14.9 Å². The molecule has 0 aliphatic heterocycles. The number of aryl methyl sites for hydroxylation is 1. The molecule has 0 aromatic carbocycles. The summed E-state index contributed by atoms with van der Waals surface area (Å²) >= 11 is 1.77. The number of thiophene rings is 1. The van der Waals surface area contributed by atoms with E-state index < -0.39 is 0 Å². The molecule has 2 aromatic rings. The van der Waals surface area contributed by atoms with Crippen molar-refractivity contribution in [2.24, 2.45) is 0 Å². The summed E-state index contributed by atoms with van der Waals surface area (Å²) in [5.74, 6) is 1.75. The number of hydrogen-bond acceptors (Lipinski definition) is 6. The van der Waals surface area contributed by atoms with Crippen molar-refractivity contribution in [2.75, 3.05) is 51.0 Å². The Morgan fingerprint density at radius 2 is 1.90 bits per heavy atom. The van der Waals surface area contributed by atoms with E-state index in [1.54, 1.807) is 11.3 Å². The van der Waals surface area contributed by atoms with Crippen LogP contribution in [0, 0.1) is 0 Å². The molecule has 0 amide bonds. The lowest BCUT2D eigenvalue weighted by Gasteiger charge is -2.21. The van der Waals surface area contributed by atoms with E-state index in [4.69, 9.17) is 4.98 Å². The summed E-state index contributed by atoms with van der Waals surface area (Å²) in [5.41, 5.74) is 0. The van der Waals surface area contributed by atoms with Gasteiger partial charge in [0.1, 0.15) is 10.6 Å². The number of nitrogens with zero attached hydrogens (tertiary/aromatic N) is 4. The molecular formula is C15H25N5S. The minimum atomic E-state index is 0.723. The first kappa shape index (κ1) is 16.0. The molecule has 6 heteroatoms. The number of nitrogens with one attached hydrogen (secondary N) is 1. The Morgan fingerprint density at radius 1 is 1.14 bits per heavy atom. The molecule has 0 aliphatic rings. The summed E-state index contributed by atoms with van der Waals surface area (Å²) < 4.78 is 0. The van der Waals surface area contributed by atoms with Crippen LogP contribution in [0.4, 0.5) is 11.8 Å². The van der Waals surface area contributed by atoms with Gasteiger partial charge in [0, 0.05) is 31.6 Å². The highest BCUT2D eigenvalue weighted by molar-refractivity contribution is 7.18. The third-order valence-electron chi connectivity index (χ3n) is 3.35. The van der Waals surface area contributed by atoms with Crippen LogP contribution in [-0.4, -0.2) is 55.6 Å². The normalized spacial score (nSPS) is 11.3. The molecule has 0 spiro atoms. The van der Waals surface area contributed by atoms with Crippen LogP contribution in [0.25, 0.3) is 10.2 Å². The lowest BCUT2D eigenvalue weighted by molar-refractivity contribution is 0.416. The van der Waals surface area contributed by atoms with E-state index in [0.717, 1.165) is 42.7 Å². The van der Waals surface area contributed by atoms with Gasteiger partial charge in [-0.1, -0.05) is 6.92 Å². The Bertz CT molecular complexity index is 593. The second kappa shape index (κ2) is 7.04. The topological polar surface area (TPSA) is 44.3 Å². The highest BCUT2D eigenvalue weighted by Crippen LogP contribution is 2.31. The maximum atomic E-state index is 4.71. The van der Waals surface area contributed by atoms with Crippen LogP contribution in [0.3, 0.4) is 0 Å². The van der Waals surface area contributed by atoms with E-state index in [2.05, 4.69) is 61.2 Å². The molecule has 21 heavy (non-hydrogen) atoms. The Kier molecular flexibility index (Phi) is 5.36. The Morgan fingerprint density at radius 3 is 2.52 bits per heavy atom. The largest absolute Gasteiger partial charge is 0.358 e. The summed E-state index contributed by atoms with van der Waals surface area (Å²) in [7, 11) is 6.28. The molecule has 0 atom stereocenters. The van der Waals surface area contributed by atoms with Crippen molar-refractivity contribution in [1.29, 1.82) is 0 Å². The fraction of sp³-hybridized carbons (Fsp3) is 0.600. The highest BCUT2D eigenvalue weighted by Gasteiger charge is 2.14. The van der Waals surface area contributed by atoms with E-state index in [0.29, 0.717) is 0 Å². The number of likely N-dealkylation sites (N-methyl/N-ethyl adjacent to an activating group) is 2. The fourth-order valence-corrected chi connectivity index (χ4v) is 3.08. The quantitative estimate of drug-likeness (QED) is 0.852. The Balaban J connectivity index is 2.40. The predicted molar refractivity (Wildman–Crippen MR) is 92.8 cm³/mol. The molecule has 0 fully saturated rings. The van der Waals surface area contributed by atoms with Crippen molar-refractivity contribution < 1.29 is 0 Å². The first-order valence-corrected chi connectivity index (χ1v) is 8.27. The van der Waals surface area contributed by atoms with Crippen LogP contribution >= 0.6 is 11.3 Å². The van der Waals surface area contributed by atoms with Gasteiger partial charge in [-0.25, -0.2) is 4.98 Å². The molecule has 0 saturated carbocycles. The highest BCUT2D eigenvalue weighted by atomic mass is 32.1. The van der Waals surface area contributed by atoms with Crippen molar-refractivity contribution in [3.8, 4) is 0 Å². The molecule has 0 radical (unpaired) electrons. The number of fused-ring (bicyclic) bond motifs is 1. The summed E-state index contributed by atoms with van der Waals surface area (Å²) in [4.78, 5) is 16.2. The average Bonchev–Trinajstić information content (AvgIpc) is 2.87. The maximum absolute atomic E-state index is 4.71. The number of rotatable bonds is 7. The van der Waals surface area contributed by atoms with Gasteiger partial charge in [-0.3, -0.25) is 0 Å². The van der Waals surface area contributed by atoms with Crippen LogP contribution in [0.5, 0.6) is 0 Å². The van der Waals surface area contributed by atoms with Gasteiger partial charge in [-0.05, 0) is 33.5 Å². The van der Waals surface area contributed by atoms with E-state index in [-0.39, 0.29) is 0 Å². The molecular weight excluding hydrogens is 282 g/mol. The van der Waals surface area contributed by atoms with Gasteiger partial charge in [-0.2, -0.15) is 4.98 Å². The number of aromatic nitrogens is 2. The van der Waals surface area contributed by atoms with Crippen LogP contribution < -0.4 is 10.2 Å². The lowest BCUT2D eigenvalue weighted by atomic mass is 10.3. The minimum Gasteiger partial charge on any atom is -0.358 e. The molecule has 5 nitrogen and oxygen atoms in total. The van der Waals surface area contributed by atoms with Gasteiger partial charge in [0.2, 0.25) is 5.95 Å². The lowest BCUT2D eigenvalue weighted by Crippen LogP contribution is -2.29. The zero-order chi connectivity index (χ0) is 15.4. The SMILES string of the molecule is CCNc1nc(N(C)CCN(C)C)c2cc(CC)sc2n1. The second-order valence-corrected chi connectivity index (χ2v) is 6.53. The van der Waals surface area contributed by atoms with Crippen molar-refractivity contribution in [2.45, 2.75) is 20.3 Å². The molecule has 0 aliphatic carbocycles. The van der Waals surface area contributed by atoms with E-state index in [1.807, 2.05) is 0 Å². The van der Waals surface area contributed by atoms with Gasteiger partial charge in [0.25, 0.3) is 0 Å². The molecule has 0 unspecified atom stereocenters. The van der Waals surface area contributed by atoms with Gasteiger partial charge < -0.3 is 15.1 Å². The van der Waals surface area contributed by atoms with Crippen LogP contribution in [0.1, 0.15) is 18.7 Å². The van der Waals surface area contributed by atoms with Gasteiger partial charge >= 0.3 is 0 Å². The molecule has 1 N–H and O–H groups in total. The van der Waals surface area contributed by atoms with Gasteiger partial charge in [0.15, 0.2) is 0 Å². The fourth-order valence-electron chi connectivity index (χ4n) is 2.11. The Hall–Kier alpha value is -1.40. The van der Waals surface area contributed by atoms with Crippen LogP contribution in [0.15, 0.2) is 6.07 Å². The third kappa shape index (κ3) is 3.83. The zero-order valence-electron chi connectivity index (χ0n) is 13.6. The molecule has 116 valence electrons. The average molecular weight is 307 g/mol. The first-order valence-electron chi connectivity index (χ1n) is 7.45. The standard InChI is InChI=1S/C15H25N5S/c1-6-11-10-12-13(20(5)9-8-19(3)4)17-15(16-7-2)18-14(12)21-11/h10H,6-9H2,1-5H3,(H,16,17,18). The summed E-state index contributed by atoms with van der Waals surface area (Å²) in [6.45, 7) is 7.03. The summed E-state index contributed by atoms with van der Waals surface area (Å²) in [6.07, 6.45) is 1.04. The minimum absolute atomic E-state index is 0.723. The van der Waals surface area contributed by atoms with Crippen molar-refractivity contribution >= 4 is 33.3 Å². The van der Waals surface area contributed by atoms with Crippen molar-refractivity contribution in [3.05, 3.63) is 10.9 Å². The maximum Gasteiger partial charge on any atom is 0.226 e. The molecule has 2 rings (SSSR count). The van der Waals surface area contributed by atoms with Crippen LogP contribution in [-0.2, 0) is 6.42 Å². The predicted octanol–water partition coefficient (Wildman–Crippen LogP) is 2.68.